The summed E-state index contributed by atoms with van der Waals surface area (Å²) in [5.41, 5.74) is 0.916. The number of rotatable bonds is 3. The van der Waals surface area contributed by atoms with Crippen molar-refractivity contribution < 1.29 is 9.53 Å². The maximum absolute atomic E-state index is 12.0. The smallest absolute Gasteiger partial charge is 0.255 e. The zero-order chi connectivity index (χ0) is 13.0. The Morgan fingerprint density at radius 3 is 2.94 bits per heavy atom. The molecular weight excluding hydrogens is 254 g/mol. The molecule has 0 saturated carbocycles. The molecular formula is C12H10ClN3O2. The molecule has 2 heterocycles. The summed E-state index contributed by atoms with van der Waals surface area (Å²) >= 11 is 5.72. The van der Waals surface area contributed by atoms with E-state index in [9.17, 15) is 4.79 Å². The number of aromatic nitrogens is 2. The molecule has 0 aliphatic carbocycles. The topological polar surface area (TPSA) is 64.1 Å². The van der Waals surface area contributed by atoms with Gasteiger partial charge in [0.15, 0.2) is 0 Å². The van der Waals surface area contributed by atoms with Crippen LogP contribution >= 0.6 is 11.6 Å². The SMILES string of the molecule is COc1ccncc1NC(=O)c1ccnc(Cl)c1. The summed E-state index contributed by atoms with van der Waals surface area (Å²) in [7, 11) is 1.52. The Morgan fingerprint density at radius 1 is 1.39 bits per heavy atom. The van der Waals surface area contributed by atoms with Gasteiger partial charge in [-0.3, -0.25) is 9.78 Å². The van der Waals surface area contributed by atoms with E-state index in [0.717, 1.165) is 0 Å². The second kappa shape index (κ2) is 5.46. The maximum atomic E-state index is 12.0. The minimum atomic E-state index is -0.300. The van der Waals surface area contributed by atoms with Crippen LogP contribution in [0.25, 0.3) is 0 Å². The molecule has 0 atom stereocenters. The highest BCUT2D eigenvalue weighted by molar-refractivity contribution is 6.29. The monoisotopic (exact) mass is 263 g/mol. The van der Waals surface area contributed by atoms with Crippen molar-refractivity contribution in [3.8, 4) is 5.75 Å². The fourth-order valence-electron chi connectivity index (χ4n) is 1.39. The number of halogens is 1. The van der Waals surface area contributed by atoms with Crippen LogP contribution in [0.15, 0.2) is 36.8 Å². The number of hydrogen-bond donors (Lipinski definition) is 1. The largest absolute Gasteiger partial charge is 0.494 e. The van der Waals surface area contributed by atoms with E-state index in [1.807, 2.05) is 0 Å². The highest BCUT2D eigenvalue weighted by Crippen LogP contribution is 2.22. The van der Waals surface area contributed by atoms with Crippen LogP contribution in [0.2, 0.25) is 5.15 Å². The van der Waals surface area contributed by atoms with E-state index in [0.29, 0.717) is 17.0 Å². The van der Waals surface area contributed by atoms with E-state index in [1.165, 1.54) is 25.6 Å². The molecule has 0 aliphatic rings. The lowest BCUT2D eigenvalue weighted by molar-refractivity contribution is 0.102. The van der Waals surface area contributed by atoms with Gasteiger partial charge >= 0.3 is 0 Å². The van der Waals surface area contributed by atoms with Crippen LogP contribution in [0.4, 0.5) is 5.69 Å². The molecule has 92 valence electrons. The summed E-state index contributed by atoms with van der Waals surface area (Å²) in [6.07, 6.45) is 4.56. The summed E-state index contributed by atoms with van der Waals surface area (Å²) in [5.74, 6) is 0.240. The van der Waals surface area contributed by atoms with Crippen molar-refractivity contribution in [2.45, 2.75) is 0 Å². The number of carbonyl (C=O) groups is 1. The van der Waals surface area contributed by atoms with Crippen molar-refractivity contribution in [3.63, 3.8) is 0 Å². The van der Waals surface area contributed by atoms with Crippen LogP contribution in [0.5, 0.6) is 5.75 Å². The maximum Gasteiger partial charge on any atom is 0.255 e. The molecule has 1 amide bonds. The Morgan fingerprint density at radius 2 is 2.22 bits per heavy atom. The molecule has 0 unspecified atom stereocenters. The summed E-state index contributed by atoms with van der Waals surface area (Å²) in [5, 5.41) is 2.96. The van der Waals surface area contributed by atoms with Gasteiger partial charge < -0.3 is 10.1 Å². The lowest BCUT2D eigenvalue weighted by atomic mass is 10.2. The lowest BCUT2D eigenvalue weighted by Gasteiger charge is -2.09. The standard InChI is InChI=1S/C12H10ClN3O2/c1-18-10-3-4-14-7-9(10)16-12(17)8-2-5-15-11(13)6-8/h2-7H,1H3,(H,16,17). The first-order valence-corrected chi connectivity index (χ1v) is 5.49. The second-order valence-electron chi connectivity index (χ2n) is 3.40. The van der Waals surface area contributed by atoms with Crippen molar-refractivity contribution in [2.24, 2.45) is 0 Å². The van der Waals surface area contributed by atoms with Gasteiger partial charge in [0.25, 0.3) is 5.91 Å². The molecule has 18 heavy (non-hydrogen) atoms. The summed E-state index contributed by atoms with van der Waals surface area (Å²) in [4.78, 5) is 19.7. The predicted octanol–water partition coefficient (Wildman–Crippen LogP) is 2.39. The number of amides is 1. The Kier molecular flexibility index (Phi) is 3.74. The zero-order valence-corrected chi connectivity index (χ0v) is 10.3. The number of carbonyl (C=O) groups excluding carboxylic acids is 1. The van der Waals surface area contributed by atoms with Gasteiger partial charge in [0, 0.05) is 24.0 Å². The molecule has 2 aromatic rings. The van der Waals surface area contributed by atoms with E-state index < -0.39 is 0 Å². The van der Waals surface area contributed by atoms with Gasteiger partial charge in [-0.15, -0.1) is 0 Å². The molecule has 2 aromatic heterocycles. The Labute approximate surface area is 109 Å². The average Bonchev–Trinajstić information content (AvgIpc) is 2.39. The lowest BCUT2D eigenvalue weighted by Crippen LogP contribution is -2.12. The number of hydrogen-bond acceptors (Lipinski definition) is 4. The summed E-state index contributed by atoms with van der Waals surface area (Å²) in [6, 6.07) is 4.72. The number of pyridine rings is 2. The van der Waals surface area contributed by atoms with Crippen LogP contribution in [0.3, 0.4) is 0 Å². The molecule has 6 heteroatoms. The minimum absolute atomic E-state index is 0.265. The molecule has 0 radical (unpaired) electrons. The Balaban J connectivity index is 2.21. The number of nitrogens with one attached hydrogen (secondary N) is 1. The average molecular weight is 264 g/mol. The number of nitrogens with zero attached hydrogens (tertiary/aromatic N) is 2. The van der Waals surface area contributed by atoms with Gasteiger partial charge in [-0.05, 0) is 12.1 Å². The van der Waals surface area contributed by atoms with Crippen molar-refractivity contribution in [2.75, 3.05) is 12.4 Å². The van der Waals surface area contributed by atoms with Gasteiger partial charge in [-0.1, -0.05) is 11.6 Å². The second-order valence-corrected chi connectivity index (χ2v) is 3.78. The molecule has 0 aromatic carbocycles. The van der Waals surface area contributed by atoms with Gasteiger partial charge in [-0.2, -0.15) is 0 Å². The van der Waals surface area contributed by atoms with Gasteiger partial charge in [0.1, 0.15) is 16.6 Å². The molecule has 1 N–H and O–H groups in total. The molecule has 5 nitrogen and oxygen atoms in total. The van der Waals surface area contributed by atoms with E-state index in [1.54, 1.807) is 18.3 Å². The third-order valence-corrected chi connectivity index (χ3v) is 2.44. The predicted molar refractivity (Wildman–Crippen MR) is 68.0 cm³/mol. The fraction of sp³-hybridized carbons (Fsp3) is 0.0833. The summed E-state index contributed by atoms with van der Waals surface area (Å²) < 4.78 is 5.11. The van der Waals surface area contributed by atoms with Crippen LogP contribution in [0, 0.1) is 0 Å². The van der Waals surface area contributed by atoms with Crippen molar-refractivity contribution >= 4 is 23.2 Å². The normalized spacial score (nSPS) is 9.89. The molecule has 2 rings (SSSR count). The molecule has 0 aliphatic heterocycles. The molecule has 0 bridgehead atoms. The molecule has 0 spiro atoms. The fourth-order valence-corrected chi connectivity index (χ4v) is 1.57. The van der Waals surface area contributed by atoms with E-state index in [2.05, 4.69) is 15.3 Å². The number of methoxy groups -OCH3 is 1. The van der Waals surface area contributed by atoms with E-state index in [-0.39, 0.29) is 11.1 Å². The molecule has 0 saturated heterocycles. The third kappa shape index (κ3) is 2.75. The first-order chi connectivity index (χ1) is 8.70. The van der Waals surface area contributed by atoms with Crippen molar-refractivity contribution in [1.29, 1.82) is 0 Å². The zero-order valence-electron chi connectivity index (χ0n) is 9.55. The van der Waals surface area contributed by atoms with Crippen LogP contribution in [-0.2, 0) is 0 Å². The van der Waals surface area contributed by atoms with Gasteiger partial charge in [-0.25, -0.2) is 4.98 Å². The van der Waals surface area contributed by atoms with Crippen molar-refractivity contribution in [3.05, 3.63) is 47.5 Å². The number of anilines is 1. The van der Waals surface area contributed by atoms with Gasteiger partial charge in [0.05, 0.1) is 13.3 Å². The third-order valence-electron chi connectivity index (χ3n) is 2.24. The quantitative estimate of drug-likeness (QED) is 0.864. The van der Waals surface area contributed by atoms with E-state index in [4.69, 9.17) is 16.3 Å². The first kappa shape index (κ1) is 12.3. The summed E-state index contributed by atoms with van der Waals surface area (Å²) in [6.45, 7) is 0. The molecule has 0 fully saturated rings. The van der Waals surface area contributed by atoms with Crippen LogP contribution < -0.4 is 10.1 Å². The van der Waals surface area contributed by atoms with Crippen LogP contribution in [-0.4, -0.2) is 23.0 Å². The Bertz CT molecular complexity index is 575. The van der Waals surface area contributed by atoms with Gasteiger partial charge in [0.2, 0.25) is 0 Å². The number of ether oxygens (including phenoxy) is 1. The van der Waals surface area contributed by atoms with Crippen LogP contribution in [0.1, 0.15) is 10.4 Å². The van der Waals surface area contributed by atoms with E-state index >= 15 is 0 Å². The minimum Gasteiger partial charge on any atom is -0.494 e. The Hall–Kier alpha value is -2.14. The highest BCUT2D eigenvalue weighted by atomic mass is 35.5. The first-order valence-electron chi connectivity index (χ1n) is 5.11. The highest BCUT2D eigenvalue weighted by Gasteiger charge is 2.10. The van der Waals surface area contributed by atoms with Crippen molar-refractivity contribution in [1.82, 2.24) is 9.97 Å².